The van der Waals surface area contributed by atoms with Crippen molar-refractivity contribution >= 4 is 33.3 Å². The van der Waals surface area contributed by atoms with Gasteiger partial charge in [0, 0.05) is 17.7 Å². The van der Waals surface area contributed by atoms with Gasteiger partial charge in [0.15, 0.2) is 0 Å². The van der Waals surface area contributed by atoms with Gasteiger partial charge in [-0.3, -0.25) is 0 Å². The predicted octanol–water partition coefficient (Wildman–Crippen LogP) is 3.88. The molecule has 1 aromatic carbocycles. The maximum Gasteiger partial charge on any atom is 0.139 e. The molecule has 1 heterocycles. The smallest absolute Gasteiger partial charge is 0.139 e. The van der Waals surface area contributed by atoms with Crippen LogP contribution < -0.4 is 11.1 Å². The van der Waals surface area contributed by atoms with E-state index in [-0.39, 0.29) is 5.82 Å². The summed E-state index contributed by atoms with van der Waals surface area (Å²) in [4.78, 5) is 8.63. The second-order valence-corrected chi connectivity index (χ2v) is 5.41. The molecule has 0 aliphatic carbocycles. The Hall–Kier alpha value is -1.69. The Morgan fingerprint density at radius 2 is 2.00 bits per heavy atom. The largest absolute Gasteiger partial charge is 0.383 e. The second kappa shape index (κ2) is 5.75. The molecule has 0 bridgehead atoms. The molecule has 0 amide bonds. The van der Waals surface area contributed by atoms with Crippen molar-refractivity contribution in [2.24, 2.45) is 0 Å². The molecule has 2 rings (SSSR count). The summed E-state index contributed by atoms with van der Waals surface area (Å²) in [5, 5.41) is 3.20. The highest BCUT2D eigenvalue weighted by Crippen LogP contribution is 2.28. The van der Waals surface area contributed by atoms with Crippen molar-refractivity contribution in [2.45, 2.75) is 27.2 Å². The van der Waals surface area contributed by atoms with E-state index in [4.69, 9.17) is 5.73 Å². The van der Waals surface area contributed by atoms with E-state index in [2.05, 4.69) is 31.2 Å². The summed E-state index contributed by atoms with van der Waals surface area (Å²) in [7, 11) is 0. The van der Waals surface area contributed by atoms with E-state index < -0.39 is 0 Å². The number of halogens is 2. The molecule has 20 heavy (non-hydrogen) atoms. The summed E-state index contributed by atoms with van der Waals surface area (Å²) < 4.78 is 13.8. The summed E-state index contributed by atoms with van der Waals surface area (Å²) in [5.41, 5.74) is 8.23. The number of aromatic nitrogens is 2. The van der Waals surface area contributed by atoms with Gasteiger partial charge < -0.3 is 11.1 Å². The summed E-state index contributed by atoms with van der Waals surface area (Å²) in [6.07, 6.45) is 0.700. The van der Waals surface area contributed by atoms with E-state index >= 15 is 0 Å². The number of hydrogen-bond donors (Lipinski definition) is 2. The van der Waals surface area contributed by atoms with Crippen LogP contribution in [0.3, 0.4) is 0 Å². The van der Waals surface area contributed by atoms with E-state index in [0.717, 1.165) is 16.8 Å². The summed E-state index contributed by atoms with van der Waals surface area (Å²) in [5.74, 6) is 1.49. The van der Waals surface area contributed by atoms with Crippen LogP contribution in [-0.2, 0) is 6.42 Å². The van der Waals surface area contributed by atoms with Crippen molar-refractivity contribution in [3.8, 4) is 0 Å². The van der Waals surface area contributed by atoms with Gasteiger partial charge in [-0.25, -0.2) is 14.4 Å². The van der Waals surface area contributed by atoms with E-state index in [1.54, 1.807) is 6.07 Å². The number of aryl methyl sites for hydroxylation is 2. The van der Waals surface area contributed by atoms with E-state index in [9.17, 15) is 4.39 Å². The van der Waals surface area contributed by atoms with Crippen molar-refractivity contribution in [1.29, 1.82) is 0 Å². The maximum atomic E-state index is 13.4. The van der Waals surface area contributed by atoms with Gasteiger partial charge in [0.25, 0.3) is 0 Å². The topological polar surface area (TPSA) is 63.8 Å². The first-order valence-electron chi connectivity index (χ1n) is 6.28. The minimum Gasteiger partial charge on any atom is -0.383 e. The highest BCUT2D eigenvalue weighted by Gasteiger charge is 2.11. The lowest BCUT2D eigenvalue weighted by Gasteiger charge is -2.14. The highest BCUT2D eigenvalue weighted by molar-refractivity contribution is 9.10. The van der Waals surface area contributed by atoms with Crippen LogP contribution in [0.25, 0.3) is 0 Å². The Bertz CT molecular complexity index is 658. The molecule has 0 radical (unpaired) electrons. The van der Waals surface area contributed by atoms with Gasteiger partial charge in [0.2, 0.25) is 0 Å². The zero-order valence-electron chi connectivity index (χ0n) is 11.6. The van der Waals surface area contributed by atoms with Crippen LogP contribution in [0.15, 0.2) is 16.6 Å². The summed E-state index contributed by atoms with van der Waals surface area (Å²) >= 11 is 3.18. The van der Waals surface area contributed by atoms with Gasteiger partial charge in [-0.05, 0) is 47.5 Å². The number of rotatable bonds is 3. The maximum absolute atomic E-state index is 13.4. The number of anilines is 3. The predicted molar refractivity (Wildman–Crippen MR) is 82.7 cm³/mol. The SMILES string of the molecule is CCc1nc(N)c(C)c(Nc2cc(Br)c(F)cc2C)n1. The lowest BCUT2D eigenvalue weighted by molar-refractivity contribution is 0.620. The molecular formula is C14H16BrFN4. The standard InChI is InChI=1S/C14H16BrFN4/c1-4-12-19-13(17)8(3)14(20-12)18-11-6-9(15)10(16)5-7(11)2/h5-6H,4H2,1-3H3,(H3,17,18,19,20). The molecule has 0 spiro atoms. The Labute approximate surface area is 125 Å². The minimum atomic E-state index is -0.291. The molecule has 3 N–H and O–H groups in total. The van der Waals surface area contributed by atoms with Crippen molar-refractivity contribution in [1.82, 2.24) is 9.97 Å². The summed E-state index contributed by atoms with van der Waals surface area (Å²) in [6.45, 7) is 5.65. The number of nitrogens with two attached hydrogens (primary N) is 1. The van der Waals surface area contributed by atoms with Crippen LogP contribution in [0, 0.1) is 19.7 Å². The molecule has 0 unspecified atom stereocenters. The Kier molecular flexibility index (Phi) is 4.23. The normalized spacial score (nSPS) is 10.7. The lowest BCUT2D eigenvalue weighted by Crippen LogP contribution is -2.07. The molecule has 6 heteroatoms. The van der Waals surface area contributed by atoms with Crippen LogP contribution in [0.4, 0.5) is 21.7 Å². The molecule has 0 aliphatic heterocycles. The van der Waals surface area contributed by atoms with E-state index in [0.29, 0.717) is 28.4 Å². The quantitative estimate of drug-likeness (QED) is 0.891. The van der Waals surface area contributed by atoms with Crippen molar-refractivity contribution < 1.29 is 4.39 Å². The molecule has 0 saturated heterocycles. The Balaban J connectivity index is 2.44. The molecule has 2 aromatic rings. The van der Waals surface area contributed by atoms with Gasteiger partial charge in [-0.1, -0.05) is 6.92 Å². The van der Waals surface area contributed by atoms with Crippen LogP contribution in [-0.4, -0.2) is 9.97 Å². The average Bonchev–Trinajstić information content (AvgIpc) is 2.40. The van der Waals surface area contributed by atoms with Gasteiger partial charge in [0.05, 0.1) is 4.47 Å². The van der Waals surface area contributed by atoms with Crippen LogP contribution in [0.1, 0.15) is 23.9 Å². The zero-order valence-corrected chi connectivity index (χ0v) is 13.2. The van der Waals surface area contributed by atoms with E-state index in [1.807, 2.05) is 20.8 Å². The third-order valence-corrected chi connectivity index (χ3v) is 3.67. The number of benzene rings is 1. The fourth-order valence-electron chi connectivity index (χ4n) is 1.77. The van der Waals surface area contributed by atoms with Gasteiger partial charge in [-0.15, -0.1) is 0 Å². The van der Waals surface area contributed by atoms with Crippen molar-refractivity contribution in [2.75, 3.05) is 11.1 Å². The van der Waals surface area contributed by atoms with Crippen LogP contribution in [0.2, 0.25) is 0 Å². The number of nitrogens with one attached hydrogen (secondary N) is 1. The molecule has 0 fully saturated rings. The van der Waals surface area contributed by atoms with Gasteiger partial charge in [0.1, 0.15) is 23.3 Å². The fraction of sp³-hybridized carbons (Fsp3) is 0.286. The van der Waals surface area contributed by atoms with Gasteiger partial charge in [-0.2, -0.15) is 0 Å². The average molecular weight is 339 g/mol. The monoisotopic (exact) mass is 338 g/mol. The number of nitrogen functional groups attached to an aromatic ring is 1. The third-order valence-electron chi connectivity index (χ3n) is 3.07. The van der Waals surface area contributed by atoms with Crippen LogP contribution in [0.5, 0.6) is 0 Å². The molecule has 0 saturated carbocycles. The first kappa shape index (κ1) is 14.7. The highest BCUT2D eigenvalue weighted by atomic mass is 79.9. The van der Waals surface area contributed by atoms with E-state index in [1.165, 1.54) is 6.07 Å². The first-order valence-corrected chi connectivity index (χ1v) is 7.07. The Morgan fingerprint density at radius 1 is 1.30 bits per heavy atom. The summed E-state index contributed by atoms with van der Waals surface area (Å²) in [6, 6.07) is 3.15. The molecule has 1 aromatic heterocycles. The lowest BCUT2D eigenvalue weighted by atomic mass is 10.2. The van der Waals surface area contributed by atoms with Crippen molar-refractivity contribution in [3.05, 3.63) is 39.4 Å². The number of hydrogen-bond acceptors (Lipinski definition) is 4. The molecule has 0 atom stereocenters. The third kappa shape index (κ3) is 2.90. The van der Waals surface area contributed by atoms with Crippen molar-refractivity contribution in [3.63, 3.8) is 0 Å². The fourth-order valence-corrected chi connectivity index (χ4v) is 2.11. The molecule has 106 valence electrons. The molecule has 0 aliphatic rings. The van der Waals surface area contributed by atoms with Crippen LogP contribution >= 0.6 is 15.9 Å². The molecule has 4 nitrogen and oxygen atoms in total. The second-order valence-electron chi connectivity index (χ2n) is 4.56. The Morgan fingerprint density at radius 3 is 2.65 bits per heavy atom. The first-order chi connectivity index (χ1) is 9.42. The zero-order chi connectivity index (χ0) is 14.9. The number of nitrogens with zero attached hydrogens (tertiary/aromatic N) is 2. The van der Waals surface area contributed by atoms with Gasteiger partial charge >= 0.3 is 0 Å². The molecular weight excluding hydrogens is 323 g/mol. The minimum absolute atomic E-state index is 0.291.